The number of hydrogen-bond donors (Lipinski definition) is 0. The topological polar surface area (TPSA) is 61.3 Å². The van der Waals surface area contributed by atoms with Gasteiger partial charge in [-0.05, 0) is 19.1 Å². The van der Waals surface area contributed by atoms with E-state index in [1.807, 2.05) is 31.2 Å². The highest BCUT2D eigenvalue weighted by Gasteiger charge is 2.08. The van der Waals surface area contributed by atoms with Crippen LogP contribution in [0.1, 0.15) is 16.1 Å². The summed E-state index contributed by atoms with van der Waals surface area (Å²) in [6, 6.07) is 7.55. The molecule has 0 bridgehead atoms. The third-order valence-corrected chi connectivity index (χ3v) is 2.27. The molecule has 0 saturated carbocycles. The molecule has 0 unspecified atom stereocenters. The lowest BCUT2D eigenvalue weighted by Gasteiger charge is -2.04. The fraction of sp³-hybridized carbons (Fsp3) is 0.154. The molecule has 0 aliphatic carbocycles. The second-order valence-electron chi connectivity index (χ2n) is 3.65. The van der Waals surface area contributed by atoms with E-state index >= 15 is 0 Å². The number of hydrogen-bond acceptors (Lipinski definition) is 5. The van der Waals surface area contributed by atoms with Crippen LogP contribution in [0.3, 0.4) is 0 Å². The maximum atomic E-state index is 11.2. The molecule has 5 heteroatoms. The molecule has 18 heavy (non-hydrogen) atoms. The predicted octanol–water partition coefficient (Wildman–Crippen LogP) is 2.36. The highest BCUT2D eigenvalue weighted by atomic mass is 16.5. The number of rotatable bonds is 3. The van der Waals surface area contributed by atoms with Crippen molar-refractivity contribution in [1.29, 1.82) is 0 Å². The third-order valence-electron chi connectivity index (χ3n) is 2.27. The quantitative estimate of drug-likeness (QED) is 0.775. The van der Waals surface area contributed by atoms with Crippen molar-refractivity contribution in [2.24, 2.45) is 0 Å². The molecular formula is C13H12N2O3. The number of methoxy groups -OCH3 is 1. The summed E-state index contributed by atoms with van der Waals surface area (Å²) in [6.07, 6.45) is 2.70. The van der Waals surface area contributed by atoms with E-state index in [9.17, 15) is 4.79 Å². The minimum atomic E-state index is -0.524. The van der Waals surface area contributed by atoms with E-state index in [4.69, 9.17) is 4.74 Å². The number of aromatic nitrogens is 2. The second-order valence-corrected chi connectivity index (χ2v) is 3.65. The Hall–Kier alpha value is -2.43. The van der Waals surface area contributed by atoms with Crippen LogP contribution in [0.15, 0.2) is 36.7 Å². The Morgan fingerprint density at radius 3 is 2.39 bits per heavy atom. The Morgan fingerprint density at radius 2 is 1.83 bits per heavy atom. The van der Waals surface area contributed by atoms with Crippen molar-refractivity contribution in [2.45, 2.75) is 6.92 Å². The van der Waals surface area contributed by atoms with Crippen LogP contribution in [-0.4, -0.2) is 23.0 Å². The summed E-state index contributed by atoms with van der Waals surface area (Å²) >= 11 is 0. The van der Waals surface area contributed by atoms with Crippen molar-refractivity contribution in [1.82, 2.24) is 9.97 Å². The molecule has 0 fully saturated rings. The number of carbonyl (C=O) groups excluding carboxylic acids is 1. The van der Waals surface area contributed by atoms with E-state index < -0.39 is 5.97 Å². The van der Waals surface area contributed by atoms with E-state index in [0.29, 0.717) is 11.6 Å². The molecule has 5 nitrogen and oxygen atoms in total. The Bertz CT molecular complexity index is 535. The Kier molecular flexibility index (Phi) is 3.52. The van der Waals surface area contributed by atoms with Gasteiger partial charge in [-0.1, -0.05) is 17.7 Å². The highest BCUT2D eigenvalue weighted by molar-refractivity contribution is 5.86. The standard InChI is InChI=1S/C13H12N2O3/c1-9-3-5-10(6-4-9)18-12-8-14-11(7-15-12)13(16)17-2/h3-8H,1-2H3. The van der Waals surface area contributed by atoms with Crippen LogP contribution in [0.2, 0.25) is 0 Å². The second kappa shape index (κ2) is 5.27. The molecule has 0 atom stereocenters. The third kappa shape index (κ3) is 2.82. The molecule has 1 aromatic carbocycles. The lowest BCUT2D eigenvalue weighted by molar-refractivity contribution is 0.0593. The van der Waals surface area contributed by atoms with E-state index in [2.05, 4.69) is 14.7 Å². The van der Waals surface area contributed by atoms with Crippen molar-refractivity contribution in [3.63, 3.8) is 0 Å². The van der Waals surface area contributed by atoms with Crippen LogP contribution in [0.25, 0.3) is 0 Å². The van der Waals surface area contributed by atoms with Crippen LogP contribution < -0.4 is 4.74 Å². The van der Waals surface area contributed by atoms with Crippen molar-refractivity contribution < 1.29 is 14.3 Å². The fourth-order valence-electron chi connectivity index (χ4n) is 1.31. The summed E-state index contributed by atoms with van der Waals surface area (Å²) < 4.78 is 10.0. The largest absolute Gasteiger partial charge is 0.464 e. The average molecular weight is 244 g/mol. The molecule has 1 heterocycles. The number of ether oxygens (including phenoxy) is 2. The molecule has 0 N–H and O–H groups in total. The molecule has 1 aromatic heterocycles. The lowest BCUT2D eigenvalue weighted by atomic mass is 10.2. The molecule has 92 valence electrons. The van der Waals surface area contributed by atoms with Crippen molar-refractivity contribution in [3.05, 3.63) is 47.9 Å². The van der Waals surface area contributed by atoms with Gasteiger partial charge in [0.25, 0.3) is 0 Å². The minimum absolute atomic E-state index is 0.147. The number of benzene rings is 1. The van der Waals surface area contributed by atoms with Gasteiger partial charge in [-0.25, -0.2) is 14.8 Å². The van der Waals surface area contributed by atoms with Gasteiger partial charge in [0.05, 0.1) is 19.5 Å². The molecule has 2 rings (SSSR count). The Morgan fingerprint density at radius 1 is 1.11 bits per heavy atom. The SMILES string of the molecule is COC(=O)c1cnc(Oc2ccc(C)cc2)cn1. The zero-order valence-corrected chi connectivity index (χ0v) is 10.1. The van der Waals surface area contributed by atoms with Gasteiger partial charge >= 0.3 is 5.97 Å². The van der Waals surface area contributed by atoms with Gasteiger partial charge in [0.15, 0.2) is 5.69 Å². The van der Waals surface area contributed by atoms with E-state index in [0.717, 1.165) is 5.56 Å². The van der Waals surface area contributed by atoms with E-state index in [1.165, 1.54) is 19.5 Å². The number of esters is 1. The van der Waals surface area contributed by atoms with Gasteiger partial charge in [-0.2, -0.15) is 0 Å². The van der Waals surface area contributed by atoms with Gasteiger partial charge in [-0.15, -0.1) is 0 Å². The van der Waals surface area contributed by atoms with Crippen LogP contribution in [0.4, 0.5) is 0 Å². The summed E-state index contributed by atoms with van der Waals surface area (Å²) in [6.45, 7) is 1.99. The zero-order chi connectivity index (χ0) is 13.0. The summed E-state index contributed by atoms with van der Waals surface area (Å²) in [4.78, 5) is 19.0. The van der Waals surface area contributed by atoms with E-state index in [1.54, 1.807) is 0 Å². The Balaban J connectivity index is 2.10. The molecule has 0 aliphatic heterocycles. The number of aryl methyl sites for hydroxylation is 1. The van der Waals surface area contributed by atoms with Gasteiger partial charge < -0.3 is 9.47 Å². The maximum Gasteiger partial charge on any atom is 0.358 e. The van der Waals surface area contributed by atoms with Crippen molar-refractivity contribution in [3.8, 4) is 11.6 Å². The van der Waals surface area contributed by atoms with Gasteiger partial charge in [0.2, 0.25) is 5.88 Å². The van der Waals surface area contributed by atoms with Gasteiger partial charge in [0, 0.05) is 0 Å². The average Bonchev–Trinajstić information content (AvgIpc) is 2.41. The van der Waals surface area contributed by atoms with Crippen LogP contribution in [-0.2, 0) is 4.74 Å². The first-order chi connectivity index (χ1) is 8.69. The smallest absolute Gasteiger partial charge is 0.358 e. The van der Waals surface area contributed by atoms with E-state index in [-0.39, 0.29) is 5.69 Å². The summed E-state index contributed by atoms with van der Waals surface area (Å²) in [5.74, 6) is 0.469. The first kappa shape index (κ1) is 12.0. The first-order valence-corrected chi connectivity index (χ1v) is 5.34. The number of carbonyl (C=O) groups is 1. The van der Waals surface area contributed by atoms with Gasteiger partial charge in [0.1, 0.15) is 5.75 Å². The van der Waals surface area contributed by atoms with Crippen LogP contribution in [0, 0.1) is 6.92 Å². The van der Waals surface area contributed by atoms with Crippen LogP contribution in [0.5, 0.6) is 11.6 Å². The van der Waals surface area contributed by atoms with Gasteiger partial charge in [-0.3, -0.25) is 0 Å². The molecule has 0 aliphatic rings. The predicted molar refractivity (Wildman–Crippen MR) is 64.6 cm³/mol. The highest BCUT2D eigenvalue weighted by Crippen LogP contribution is 2.18. The molecule has 0 amide bonds. The number of nitrogens with zero attached hydrogens (tertiary/aromatic N) is 2. The molecular weight excluding hydrogens is 232 g/mol. The molecule has 0 spiro atoms. The zero-order valence-electron chi connectivity index (χ0n) is 10.1. The summed E-state index contributed by atoms with van der Waals surface area (Å²) in [7, 11) is 1.29. The van der Waals surface area contributed by atoms with Crippen molar-refractivity contribution in [2.75, 3.05) is 7.11 Å². The molecule has 2 aromatic rings. The normalized spacial score (nSPS) is 9.89. The summed E-state index contributed by atoms with van der Waals surface area (Å²) in [5, 5.41) is 0. The summed E-state index contributed by atoms with van der Waals surface area (Å²) in [5.41, 5.74) is 1.29. The lowest BCUT2D eigenvalue weighted by Crippen LogP contribution is -2.04. The van der Waals surface area contributed by atoms with Crippen LogP contribution >= 0.6 is 0 Å². The molecule has 0 radical (unpaired) electrons. The molecule has 0 saturated heterocycles. The minimum Gasteiger partial charge on any atom is -0.464 e. The maximum absolute atomic E-state index is 11.2. The Labute approximate surface area is 104 Å². The first-order valence-electron chi connectivity index (χ1n) is 5.34. The fourth-order valence-corrected chi connectivity index (χ4v) is 1.31. The van der Waals surface area contributed by atoms with Crippen molar-refractivity contribution >= 4 is 5.97 Å². The monoisotopic (exact) mass is 244 g/mol.